The van der Waals surface area contributed by atoms with Crippen LogP contribution in [0.1, 0.15) is 65.2 Å². The summed E-state index contributed by atoms with van der Waals surface area (Å²) in [5, 5.41) is 9.47. The molecule has 0 aromatic carbocycles. The maximum atomic E-state index is 11.3. The van der Waals surface area contributed by atoms with E-state index in [0.717, 1.165) is 32.1 Å². The fraction of sp³-hybridized carbons (Fsp3) is 0.923. The highest BCUT2D eigenvalue weighted by molar-refractivity contribution is 5.74. The van der Waals surface area contributed by atoms with Crippen LogP contribution in [0.3, 0.4) is 0 Å². The zero-order chi connectivity index (χ0) is 12.2. The highest BCUT2D eigenvalue weighted by Crippen LogP contribution is 2.05. The van der Waals surface area contributed by atoms with Gasteiger partial charge in [0.1, 0.15) is 0 Å². The Morgan fingerprint density at radius 1 is 1.06 bits per heavy atom. The molecule has 0 radical (unpaired) electrons. The minimum atomic E-state index is -0.919. The molecule has 0 bridgehead atoms. The Morgan fingerprint density at radius 2 is 1.69 bits per heavy atom. The van der Waals surface area contributed by atoms with Gasteiger partial charge in [-0.05, 0) is 12.8 Å². The monoisotopic (exact) mass is 230 g/mol. The topological polar surface area (TPSA) is 46.5 Å². The Hall–Kier alpha value is -0.570. The summed E-state index contributed by atoms with van der Waals surface area (Å²) < 4.78 is 4.99. The van der Waals surface area contributed by atoms with E-state index in [0.29, 0.717) is 13.0 Å². The van der Waals surface area contributed by atoms with Crippen molar-refractivity contribution in [3.05, 3.63) is 0 Å². The van der Waals surface area contributed by atoms with Gasteiger partial charge in [0.15, 0.2) is 6.10 Å². The third-order valence-electron chi connectivity index (χ3n) is 2.60. The molecule has 1 atom stereocenters. The first-order valence-corrected chi connectivity index (χ1v) is 6.57. The van der Waals surface area contributed by atoms with Crippen molar-refractivity contribution < 1.29 is 14.6 Å². The Balaban J connectivity index is 3.40. The van der Waals surface area contributed by atoms with E-state index in [1.807, 2.05) is 0 Å². The van der Waals surface area contributed by atoms with Crippen molar-refractivity contribution in [2.45, 2.75) is 71.3 Å². The summed E-state index contributed by atoms with van der Waals surface area (Å²) in [5.41, 5.74) is 0. The molecule has 0 aliphatic rings. The van der Waals surface area contributed by atoms with Crippen molar-refractivity contribution >= 4 is 5.97 Å². The third kappa shape index (κ3) is 8.72. The van der Waals surface area contributed by atoms with Gasteiger partial charge in [-0.2, -0.15) is 0 Å². The summed E-state index contributed by atoms with van der Waals surface area (Å²) >= 11 is 0. The molecule has 1 unspecified atom stereocenters. The van der Waals surface area contributed by atoms with E-state index in [9.17, 15) is 9.90 Å². The molecule has 0 fully saturated rings. The Bertz CT molecular complexity index is 169. The minimum Gasteiger partial charge on any atom is -0.464 e. The average molecular weight is 230 g/mol. The summed E-state index contributed by atoms with van der Waals surface area (Å²) in [7, 11) is 0. The van der Waals surface area contributed by atoms with Crippen LogP contribution in [0.2, 0.25) is 0 Å². The summed E-state index contributed by atoms with van der Waals surface area (Å²) in [6, 6.07) is 0. The lowest BCUT2D eigenvalue weighted by atomic mass is 10.1. The first-order valence-electron chi connectivity index (χ1n) is 6.57. The predicted octanol–water partition coefficient (Wildman–Crippen LogP) is 3.05. The number of aliphatic hydroxyl groups excluding tert-OH is 1. The number of rotatable bonds is 10. The van der Waals surface area contributed by atoms with Gasteiger partial charge in [0.05, 0.1) is 6.61 Å². The molecule has 0 saturated heterocycles. The summed E-state index contributed by atoms with van der Waals surface area (Å²) in [6.45, 7) is 4.69. The van der Waals surface area contributed by atoms with Gasteiger partial charge < -0.3 is 9.84 Å². The summed E-state index contributed by atoms with van der Waals surface area (Å²) in [4.78, 5) is 11.3. The summed E-state index contributed by atoms with van der Waals surface area (Å²) in [6.07, 6.45) is 7.00. The second-order valence-corrected chi connectivity index (χ2v) is 4.24. The van der Waals surface area contributed by atoms with Crippen LogP contribution < -0.4 is 0 Å². The Labute approximate surface area is 99.2 Å². The predicted molar refractivity (Wildman–Crippen MR) is 65.2 cm³/mol. The SMILES string of the molecule is CCCCCCOC(=O)C(O)CCCCC. The van der Waals surface area contributed by atoms with Crippen LogP contribution >= 0.6 is 0 Å². The van der Waals surface area contributed by atoms with Crippen molar-refractivity contribution in [2.24, 2.45) is 0 Å². The third-order valence-corrected chi connectivity index (χ3v) is 2.60. The first-order chi connectivity index (χ1) is 7.72. The largest absolute Gasteiger partial charge is 0.464 e. The van der Waals surface area contributed by atoms with Crippen molar-refractivity contribution in [1.29, 1.82) is 0 Å². The molecule has 1 N–H and O–H groups in total. The van der Waals surface area contributed by atoms with Crippen LogP contribution in [-0.4, -0.2) is 23.8 Å². The number of carbonyl (C=O) groups is 1. The van der Waals surface area contributed by atoms with E-state index in [1.54, 1.807) is 0 Å². The lowest BCUT2D eigenvalue weighted by Gasteiger charge is -2.10. The number of unbranched alkanes of at least 4 members (excludes halogenated alkanes) is 5. The molecule has 16 heavy (non-hydrogen) atoms. The van der Waals surface area contributed by atoms with Crippen LogP contribution in [0.4, 0.5) is 0 Å². The maximum Gasteiger partial charge on any atom is 0.334 e. The molecular formula is C13H26O3. The Morgan fingerprint density at radius 3 is 2.31 bits per heavy atom. The molecule has 0 aromatic heterocycles. The average Bonchev–Trinajstić information content (AvgIpc) is 2.28. The lowest BCUT2D eigenvalue weighted by molar-refractivity contribution is -0.154. The Kier molecular flexibility index (Phi) is 10.5. The summed E-state index contributed by atoms with van der Waals surface area (Å²) in [5.74, 6) is -0.451. The van der Waals surface area contributed by atoms with Gasteiger partial charge in [-0.25, -0.2) is 4.79 Å². The number of hydrogen-bond donors (Lipinski definition) is 1. The normalized spacial score (nSPS) is 12.4. The fourth-order valence-corrected chi connectivity index (χ4v) is 1.50. The van der Waals surface area contributed by atoms with Gasteiger partial charge in [0.25, 0.3) is 0 Å². The number of ether oxygens (including phenoxy) is 1. The molecule has 0 aliphatic carbocycles. The second kappa shape index (κ2) is 10.9. The standard InChI is InChI=1S/C13H26O3/c1-3-5-7-9-11-16-13(15)12(14)10-8-6-4-2/h12,14H,3-11H2,1-2H3. The van der Waals surface area contributed by atoms with Gasteiger partial charge in [-0.1, -0.05) is 52.4 Å². The first kappa shape index (κ1) is 15.4. The van der Waals surface area contributed by atoms with Gasteiger partial charge >= 0.3 is 5.97 Å². The van der Waals surface area contributed by atoms with Crippen molar-refractivity contribution in [1.82, 2.24) is 0 Å². The quantitative estimate of drug-likeness (QED) is 0.463. The molecule has 3 heteroatoms. The van der Waals surface area contributed by atoms with Crippen molar-refractivity contribution in [3.63, 3.8) is 0 Å². The van der Waals surface area contributed by atoms with Crippen LogP contribution in [0, 0.1) is 0 Å². The molecule has 0 saturated carbocycles. The number of esters is 1. The van der Waals surface area contributed by atoms with Gasteiger partial charge in [-0.3, -0.25) is 0 Å². The molecule has 96 valence electrons. The molecular weight excluding hydrogens is 204 g/mol. The molecule has 0 spiro atoms. The highest BCUT2D eigenvalue weighted by atomic mass is 16.5. The van der Waals surface area contributed by atoms with Gasteiger partial charge in [0.2, 0.25) is 0 Å². The molecule has 0 heterocycles. The van der Waals surface area contributed by atoms with Crippen LogP contribution in [-0.2, 0) is 9.53 Å². The van der Waals surface area contributed by atoms with Gasteiger partial charge in [-0.15, -0.1) is 0 Å². The second-order valence-electron chi connectivity index (χ2n) is 4.24. The highest BCUT2D eigenvalue weighted by Gasteiger charge is 2.15. The molecule has 3 nitrogen and oxygen atoms in total. The van der Waals surface area contributed by atoms with Crippen molar-refractivity contribution in [3.8, 4) is 0 Å². The smallest absolute Gasteiger partial charge is 0.334 e. The van der Waals surface area contributed by atoms with Crippen LogP contribution in [0.5, 0.6) is 0 Å². The molecule has 0 rings (SSSR count). The van der Waals surface area contributed by atoms with E-state index < -0.39 is 12.1 Å². The fourth-order valence-electron chi connectivity index (χ4n) is 1.50. The number of carbonyl (C=O) groups excluding carboxylic acids is 1. The zero-order valence-electron chi connectivity index (χ0n) is 10.7. The van der Waals surface area contributed by atoms with Gasteiger partial charge in [0, 0.05) is 0 Å². The molecule has 0 amide bonds. The lowest BCUT2D eigenvalue weighted by Crippen LogP contribution is -2.23. The zero-order valence-corrected chi connectivity index (χ0v) is 10.7. The van der Waals surface area contributed by atoms with Crippen LogP contribution in [0.25, 0.3) is 0 Å². The van der Waals surface area contributed by atoms with E-state index in [-0.39, 0.29) is 0 Å². The van der Waals surface area contributed by atoms with Crippen molar-refractivity contribution in [2.75, 3.05) is 6.61 Å². The minimum absolute atomic E-state index is 0.448. The maximum absolute atomic E-state index is 11.3. The van der Waals surface area contributed by atoms with Crippen LogP contribution in [0.15, 0.2) is 0 Å². The molecule has 0 aromatic rings. The molecule has 0 aliphatic heterocycles. The van der Waals surface area contributed by atoms with E-state index >= 15 is 0 Å². The number of aliphatic hydroxyl groups is 1. The van der Waals surface area contributed by atoms with E-state index in [1.165, 1.54) is 12.8 Å². The number of hydrogen-bond acceptors (Lipinski definition) is 3. The van der Waals surface area contributed by atoms with E-state index in [4.69, 9.17) is 4.74 Å². The van der Waals surface area contributed by atoms with E-state index in [2.05, 4.69) is 13.8 Å².